The minimum absolute atomic E-state index is 0.961. The summed E-state index contributed by atoms with van der Waals surface area (Å²) in [5.74, 6) is 0. The summed E-state index contributed by atoms with van der Waals surface area (Å²) >= 11 is 3.57. The number of nitrogens with zero attached hydrogens (tertiary/aromatic N) is 1. The second-order valence-electron chi connectivity index (χ2n) is 4.23. The predicted molar refractivity (Wildman–Crippen MR) is 77.8 cm³/mol. The molecule has 0 bridgehead atoms. The monoisotopic (exact) mass is 292 g/mol. The van der Waals surface area contributed by atoms with E-state index >= 15 is 0 Å². The highest BCUT2D eigenvalue weighted by atomic mass is 79.9. The van der Waals surface area contributed by atoms with Crippen LogP contribution < -0.4 is 5.32 Å². The third-order valence-electron chi connectivity index (χ3n) is 3.27. The van der Waals surface area contributed by atoms with Gasteiger partial charge in [0.25, 0.3) is 0 Å². The zero-order valence-electron chi connectivity index (χ0n) is 10.7. The summed E-state index contributed by atoms with van der Waals surface area (Å²) in [6, 6.07) is 4.21. The van der Waals surface area contributed by atoms with Crippen LogP contribution in [0.15, 0.2) is 16.6 Å². The molecule has 2 rings (SSSR count). The number of fused-ring (bicyclic) bond motifs is 1. The summed E-state index contributed by atoms with van der Waals surface area (Å²) in [6.45, 7) is 6.38. The van der Waals surface area contributed by atoms with Crippen LogP contribution in [0, 0.1) is 13.8 Å². The van der Waals surface area contributed by atoms with Crippen LogP contribution >= 0.6 is 15.9 Å². The maximum atomic E-state index is 4.79. The van der Waals surface area contributed by atoms with Crippen molar-refractivity contribution in [1.29, 1.82) is 0 Å². The Bertz CT molecular complexity index is 576. The van der Waals surface area contributed by atoms with Crippen molar-refractivity contribution < 1.29 is 0 Å². The van der Waals surface area contributed by atoms with Crippen LogP contribution in [0.3, 0.4) is 0 Å². The molecule has 0 saturated heterocycles. The van der Waals surface area contributed by atoms with Crippen molar-refractivity contribution in [1.82, 2.24) is 4.98 Å². The Kier molecular flexibility index (Phi) is 3.38. The lowest BCUT2D eigenvalue weighted by Gasteiger charge is -2.15. The van der Waals surface area contributed by atoms with E-state index in [0.717, 1.165) is 16.4 Å². The standard InChI is InChI=1S/C14H17BrN2/c1-5-12-9(3)13(16-4)10-6-7-11(15)8(2)14(10)17-12/h6-7H,5H2,1-4H3,(H,16,17). The first-order valence-corrected chi connectivity index (χ1v) is 6.65. The van der Waals surface area contributed by atoms with Crippen molar-refractivity contribution >= 4 is 32.5 Å². The Balaban J connectivity index is 2.92. The molecule has 17 heavy (non-hydrogen) atoms. The van der Waals surface area contributed by atoms with E-state index in [0.29, 0.717) is 0 Å². The average molecular weight is 293 g/mol. The van der Waals surface area contributed by atoms with Crippen LogP contribution in [0.1, 0.15) is 23.7 Å². The number of nitrogens with one attached hydrogen (secondary N) is 1. The van der Waals surface area contributed by atoms with Crippen molar-refractivity contribution in [2.45, 2.75) is 27.2 Å². The van der Waals surface area contributed by atoms with Gasteiger partial charge in [0.15, 0.2) is 0 Å². The molecule has 0 spiro atoms. The first-order chi connectivity index (χ1) is 8.10. The molecule has 1 aromatic carbocycles. The van der Waals surface area contributed by atoms with Crippen LogP contribution in [0.2, 0.25) is 0 Å². The number of rotatable bonds is 2. The normalized spacial score (nSPS) is 10.9. The van der Waals surface area contributed by atoms with Gasteiger partial charge in [0.05, 0.1) is 5.52 Å². The van der Waals surface area contributed by atoms with Gasteiger partial charge in [-0.2, -0.15) is 0 Å². The van der Waals surface area contributed by atoms with Gasteiger partial charge in [0.1, 0.15) is 0 Å². The zero-order valence-corrected chi connectivity index (χ0v) is 12.3. The van der Waals surface area contributed by atoms with Gasteiger partial charge in [-0.3, -0.25) is 4.98 Å². The van der Waals surface area contributed by atoms with E-state index in [4.69, 9.17) is 4.98 Å². The molecular weight excluding hydrogens is 276 g/mol. The Hall–Kier alpha value is -1.09. The quantitative estimate of drug-likeness (QED) is 0.896. The molecule has 1 heterocycles. The summed E-state index contributed by atoms with van der Waals surface area (Å²) < 4.78 is 1.12. The van der Waals surface area contributed by atoms with Crippen molar-refractivity contribution in [2.24, 2.45) is 0 Å². The first kappa shape index (κ1) is 12.4. The fraction of sp³-hybridized carbons (Fsp3) is 0.357. The number of halogens is 1. The van der Waals surface area contributed by atoms with Crippen LogP contribution in [-0.4, -0.2) is 12.0 Å². The van der Waals surface area contributed by atoms with Crippen molar-refractivity contribution in [3.63, 3.8) is 0 Å². The molecule has 1 aromatic heterocycles. The maximum Gasteiger partial charge on any atom is 0.0766 e. The molecule has 0 radical (unpaired) electrons. The van der Waals surface area contributed by atoms with Crippen LogP contribution in [0.25, 0.3) is 10.9 Å². The fourth-order valence-electron chi connectivity index (χ4n) is 2.25. The first-order valence-electron chi connectivity index (χ1n) is 5.86. The second kappa shape index (κ2) is 4.65. The number of hydrogen-bond donors (Lipinski definition) is 1. The Labute approximate surface area is 111 Å². The van der Waals surface area contributed by atoms with Gasteiger partial charge in [0, 0.05) is 28.3 Å². The molecule has 3 heteroatoms. The molecular formula is C14H17BrN2. The molecule has 0 aliphatic carbocycles. The SMILES string of the molecule is CCc1nc2c(C)c(Br)ccc2c(NC)c1C. The third-order valence-corrected chi connectivity index (χ3v) is 4.13. The summed E-state index contributed by atoms with van der Waals surface area (Å²) in [5, 5.41) is 4.50. The molecule has 0 saturated carbocycles. The van der Waals surface area contributed by atoms with Gasteiger partial charge in [0.2, 0.25) is 0 Å². The van der Waals surface area contributed by atoms with Gasteiger partial charge >= 0.3 is 0 Å². The Morgan fingerprint density at radius 3 is 2.53 bits per heavy atom. The van der Waals surface area contributed by atoms with E-state index in [1.54, 1.807) is 0 Å². The predicted octanol–water partition coefficient (Wildman–Crippen LogP) is 4.22. The van der Waals surface area contributed by atoms with E-state index in [-0.39, 0.29) is 0 Å². The van der Waals surface area contributed by atoms with E-state index in [2.05, 4.69) is 54.2 Å². The van der Waals surface area contributed by atoms with Crippen molar-refractivity contribution in [3.8, 4) is 0 Å². The minimum Gasteiger partial charge on any atom is -0.387 e. The van der Waals surface area contributed by atoms with Crippen molar-refractivity contribution in [3.05, 3.63) is 33.4 Å². The molecule has 2 nitrogen and oxygen atoms in total. The fourth-order valence-corrected chi connectivity index (χ4v) is 2.57. The molecule has 1 N–H and O–H groups in total. The molecule has 0 fully saturated rings. The number of anilines is 1. The van der Waals surface area contributed by atoms with E-state index in [1.807, 2.05) is 7.05 Å². The smallest absolute Gasteiger partial charge is 0.0766 e. The second-order valence-corrected chi connectivity index (χ2v) is 5.08. The largest absolute Gasteiger partial charge is 0.387 e. The lowest BCUT2D eigenvalue weighted by Crippen LogP contribution is -2.02. The summed E-state index contributed by atoms with van der Waals surface area (Å²) in [5.41, 5.74) is 5.91. The van der Waals surface area contributed by atoms with Gasteiger partial charge in [-0.05, 0) is 43.5 Å². The molecule has 0 aliphatic heterocycles. The number of pyridine rings is 1. The highest BCUT2D eigenvalue weighted by Crippen LogP contribution is 2.32. The summed E-state index contributed by atoms with van der Waals surface area (Å²) in [7, 11) is 1.97. The number of aromatic nitrogens is 1. The molecule has 90 valence electrons. The molecule has 0 amide bonds. The highest BCUT2D eigenvalue weighted by molar-refractivity contribution is 9.10. The Morgan fingerprint density at radius 1 is 1.24 bits per heavy atom. The van der Waals surface area contributed by atoms with Crippen molar-refractivity contribution in [2.75, 3.05) is 12.4 Å². The van der Waals surface area contributed by atoms with E-state index in [1.165, 1.54) is 27.9 Å². The summed E-state index contributed by atoms with van der Waals surface area (Å²) in [4.78, 5) is 4.79. The van der Waals surface area contributed by atoms with Crippen LogP contribution in [-0.2, 0) is 6.42 Å². The topological polar surface area (TPSA) is 24.9 Å². The average Bonchev–Trinajstić information content (AvgIpc) is 2.33. The molecule has 2 aromatic rings. The third kappa shape index (κ3) is 1.93. The minimum atomic E-state index is 0.961. The van der Waals surface area contributed by atoms with Gasteiger partial charge < -0.3 is 5.32 Å². The highest BCUT2D eigenvalue weighted by Gasteiger charge is 2.12. The van der Waals surface area contributed by atoms with Crippen LogP contribution in [0.5, 0.6) is 0 Å². The molecule has 0 unspecified atom stereocenters. The van der Waals surface area contributed by atoms with E-state index in [9.17, 15) is 0 Å². The maximum absolute atomic E-state index is 4.79. The van der Waals surface area contributed by atoms with Crippen LogP contribution in [0.4, 0.5) is 5.69 Å². The van der Waals surface area contributed by atoms with Gasteiger partial charge in [-0.1, -0.05) is 22.9 Å². The van der Waals surface area contributed by atoms with E-state index < -0.39 is 0 Å². The number of aryl methyl sites for hydroxylation is 2. The van der Waals surface area contributed by atoms with Gasteiger partial charge in [-0.15, -0.1) is 0 Å². The number of benzene rings is 1. The number of hydrogen-bond acceptors (Lipinski definition) is 2. The lowest BCUT2D eigenvalue weighted by atomic mass is 10.0. The molecule has 0 aliphatic rings. The van der Waals surface area contributed by atoms with Gasteiger partial charge in [-0.25, -0.2) is 0 Å². The summed E-state index contributed by atoms with van der Waals surface area (Å²) in [6.07, 6.45) is 0.961. The lowest BCUT2D eigenvalue weighted by molar-refractivity contribution is 1.03. The Morgan fingerprint density at radius 2 is 1.94 bits per heavy atom. The zero-order chi connectivity index (χ0) is 12.6. The molecule has 0 atom stereocenters.